The first kappa shape index (κ1) is 13.0. The number of hydrogen-bond donors (Lipinski definition) is 2. The maximum atomic E-state index is 12.9. The van der Waals surface area contributed by atoms with Gasteiger partial charge in [0.25, 0.3) is 0 Å². The van der Waals surface area contributed by atoms with Gasteiger partial charge in [0.1, 0.15) is 11.6 Å². The molecule has 0 spiro atoms. The molecule has 98 valence electrons. The van der Waals surface area contributed by atoms with Gasteiger partial charge in [0.05, 0.1) is 0 Å². The molecule has 0 radical (unpaired) electrons. The summed E-state index contributed by atoms with van der Waals surface area (Å²) in [6.07, 6.45) is 2.27. The van der Waals surface area contributed by atoms with Crippen LogP contribution < -0.4 is 10.6 Å². The van der Waals surface area contributed by atoms with Gasteiger partial charge in [-0.3, -0.25) is 4.79 Å². The van der Waals surface area contributed by atoms with Gasteiger partial charge in [-0.2, -0.15) is 0 Å². The van der Waals surface area contributed by atoms with Crippen molar-refractivity contribution in [1.82, 2.24) is 5.32 Å². The van der Waals surface area contributed by atoms with E-state index in [0.29, 0.717) is 12.3 Å². The summed E-state index contributed by atoms with van der Waals surface area (Å²) in [6.45, 7) is 1.95. The smallest absolute Gasteiger partial charge is 0.224 e. The zero-order valence-corrected chi connectivity index (χ0v) is 10.0. The van der Waals surface area contributed by atoms with E-state index >= 15 is 0 Å². The van der Waals surface area contributed by atoms with Crippen molar-refractivity contribution in [2.45, 2.75) is 19.3 Å². The van der Waals surface area contributed by atoms with Gasteiger partial charge >= 0.3 is 0 Å². The van der Waals surface area contributed by atoms with Crippen LogP contribution in [0.2, 0.25) is 0 Å². The molecule has 5 heteroatoms. The molecular formula is C13H16F2N2O. The maximum absolute atomic E-state index is 12.9. The normalized spacial score (nSPS) is 18.9. The second kappa shape index (κ2) is 5.91. The van der Waals surface area contributed by atoms with Crippen LogP contribution in [-0.4, -0.2) is 19.0 Å². The van der Waals surface area contributed by atoms with Crippen molar-refractivity contribution in [3.05, 3.63) is 29.8 Å². The van der Waals surface area contributed by atoms with Crippen molar-refractivity contribution >= 4 is 11.6 Å². The molecule has 1 amide bonds. The van der Waals surface area contributed by atoms with E-state index in [1.54, 1.807) is 0 Å². The Balaban J connectivity index is 1.82. The Morgan fingerprint density at radius 1 is 1.33 bits per heavy atom. The topological polar surface area (TPSA) is 41.1 Å². The van der Waals surface area contributed by atoms with Gasteiger partial charge in [-0.15, -0.1) is 0 Å². The van der Waals surface area contributed by atoms with Crippen molar-refractivity contribution in [3.63, 3.8) is 0 Å². The third kappa shape index (κ3) is 3.77. The molecule has 1 unspecified atom stereocenters. The van der Waals surface area contributed by atoms with E-state index in [4.69, 9.17) is 0 Å². The van der Waals surface area contributed by atoms with E-state index in [0.717, 1.165) is 44.1 Å². The van der Waals surface area contributed by atoms with E-state index in [1.807, 2.05) is 0 Å². The average molecular weight is 254 g/mol. The van der Waals surface area contributed by atoms with Crippen LogP contribution in [0.1, 0.15) is 19.3 Å². The van der Waals surface area contributed by atoms with E-state index in [1.165, 1.54) is 0 Å². The van der Waals surface area contributed by atoms with E-state index in [-0.39, 0.29) is 11.6 Å². The van der Waals surface area contributed by atoms with E-state index in [9.17, 15) is 13.6 Å². The van der Waals surface area contributed by atoms with Crippen LogP contribution in [-0.2, 0) is 4.79 Å². The van der Waals surface area contributed by atoms with Crippen LogP contribution in [0.25, 0.3) is 0 Å². The first-order chi connectivity index (χ1) is 8.63. The number of hydrogen-bond acceptors (Lipinski definition) is 2. The van der Waals surface area contributed by atoms with Crippen molar-refractivity contribution in [1.29, 1.82) is 0 Å². The highest BCUT2D eigenvalue weighted by Gasteiger charge is 2.15. The summed E-state index contributed by atoms with van der Waals surface area (Å²) in [5.41, 5.74) is 0.169. The molecule has 3 nitrogen and oxygen atoms in total. The number of benzene rings is 1. The molecule has 2 N–H and O–H groups in total. The van der Waals surface area contributed by atoms with Gasteiger partial charge in [0, 0.05) is 18.2 Å². The van der Waals surface area contributed by atoms with Crippen molar-refractivity contribution < 1.29 is 13.6 Å². The minimum Gasteiger partial charge on any atom is -0.326 e. The quantitative estimate of drug-likeness (QED) is 0.865. The van der Waals surface area contributed by atoms with Crippen LogP contribution in [0, 0.1) is 17.6 Å². The molecule has 1 aromatic rings. The fraction of sp³-hybridized carbons (Fsp3) is 0.462. The molecule has 1 aliphatic rings. The molecule has 1 saturated heterocycles. The number of halogens is 2. The molecule has 1 fully saturated rings. The molecule has 0 aromatic heterocycles. The van der Waals surface area contributed by atoms with Gasteiger partial charge in [0.15, 0.2) is 0 Å². The van der Waals surface area contributed by atoms with Crippen LogP contribution >= 0.6 is 0 Å². The molecule has 1 aliphatic heterocycles. The lowest BCUT2D eigenvalue weighted by atomic mass is 10.0. The van der Waals surface area contributed by atoms with Gasteiger partial charge < -0.3 is 10.6 Å². The predicted octanol–water partition coefficient (Wildman–Crippen LogP) is 2.29. The Labute approximate surface area is 105 Å². The molecular weight excluding hydrogens is 238 g/mol. The first-order valence-corrected chi connectivity index (χ1v) is 6.10. The zero-order chi connectivity index (χ0) is 13.0. The van der Waals surface area contributed by atoms with E-state index < -0.39 is 11.6 Å². The summed E-state index contributed by atoms with van der Waals surface area (Å²) >= 11 is 0. The highest BCUT2D eigenvalue weighted by Crippen LogP contribution is 2.16. The number of rotatable bonds is 4. The fourth-order valence-corrected chi connectivity index (χ4v) is 2.15. The largest absolute Gasteiger partial charge is 0.326 e. The standard InChI is InChI=1S/C13H16F2N2O/c14-10-5-11(15)7-12(6-10)17-13(18)2-1-9-3-4-16-8-9/h5-7,9,16H,1-4,8H2,(H,17,18). The minimum absolute atomic E-state index is 0.169. The molecule has 0 bridgehead atoms. The maximum Gasteiger partial charge on any atom is 0.224 e. The van der Waals surface area contributed by atoms with Crippen LogP contribution in [0.15, 0.2) is 18.2 Å². The molecule has 1 aromatic carbocycles. The Morgan fingerprint density at radius 2 is 2.06 bits per heavy atom. The Kier molecular flexibility index (Phi) is 4.25. The van der Waals surface area contributed by atoms with Gasteiger partial charge in [0.2, 0.25) is 5.91 Å². The second-order valence-corrected chi connectivity index (χ2v) is 4.60. The summed E-state index contributed by atoms with van der Waals surface area (Å²) < 4.78 is 25.8. The SMILES string of the molecule is O=C(CCC1CCNC1)Nc1cc(F)cc(F)c1. The lowest BCUT2D eigenvalue weighted by molar-refractivity contribution is -0.116. The Hall–Kier alpha value is -1.49. The molecule has 18 heavy (non-hydrogen) atoms. The van der Waals surface area contributed by atoms with Crippen molar-refractivity contribution in [2.24, 2.45) is 5.92 Å². The van der Waals surface area contributed by atoms with Crippen LogP contribution in [0.3, 0.4) is 0 Å². The van der Waals surface area contributed by atoms with Crippen LogP contribution in [0.4, 0.5) is 14.5 Å². The average Bonchev–Trinajstić information content (AvgIpc) is 2.77. The number of amides is 1. The lowest BCUT2D eigenvalue weighted by Gasteiger charge is -2.08. The first-order valence-electron chi connectivity index (χ1n) is 6.10. The second-order valence-electron chi connectivity index (χ2n) is 4.60. The summed E-state index contributed by atoms with van der Waals surface area (Å²) in [5, 5.41) is 5.74. The summed E-state index contributed by atoms with van der Waals surface area (Å²) in [5.74, 6) is -1.05. The summed E-state index contributed by atoms with van der Waals surface area (Å²) in [6, 6.07) is 3.00. The number of anilines is 1. The van der Waals surface area contributed by atoms with Gasteiger partial charge in [-0.1, -0.05) is 0 Å². The molecule has 0 saturated carbocycles. The Bertz CT molecular complexity index is 411. The van der Waals surface area contributed by atoms with Crippen molar-refractivity contribution in [2.75, 3.05) is 18.4 Å². The fourth-order valence-electron chi connectivity index (χ4n) is 2.15. The number of nitrogens with one attached hydrogen (secondary N) is 2. The third-order valence-electron chi connectivity index (χ3n) is 3.09. The van der Waals surface area contributed by atoms with Gasteiger partial charge in [-0.25, -0.2) is 8.78 Å². The molecule has 0 aliphatic carbocycles. The van der Waals surface area contributed by atoms with E-state index in [2.05, 4.69) is 10.6 Å². The Morgan fingerprint density at radius 3 is 2.67 bits per heavy atom. The molecule has 1 atom stereocenters. The highest BCUT2D eigenvalue weighted by molar-refractivity contribution is 5.90. The predicted molar refractivity (Wildman–Crippen MR) is 65.2 cm³/mol. The van der Waals surface area contributed by atoms with Crippen LogP contribution in [0.5, 0.6) is 0 Å². The van der Waals surface area contributed by atoms with Gasteiger partial charge in [-0.05, 0) is 44.0 Å². The number of carbonyl (C=O) groups excluding carboxylic acids is 1. The summed E-state index contributed by atoms with van der Waals surface area (Å²) in [7, 11) is 0. The van der Waals surface area contributed by atoms with Crippen molar-refractivity contribution in [3.8, 4) is 0 Å². The zero-order valence-electron chi connectivity index (χ0n) is 10.0. The monoisotopic (exact) mass is 254 g/mol. The molecule has 1 heterocycles. The lowest BCUT2D eigenvalue weighted by Crippen LogP contribution is -2.15. The minimum atomic E-state index is -0.690. The molecule has 2 rings (SSSR count). The highest BCUT2D eigenvalue weighted by atomic mass is 19.1. The number of carbonyl (C=O) groups is 1. The summed E-state index contributed by atoms with van der Waals surface area (Å²) in [4.78, 5) is 11.6. The third-order valence-corrected chi connectivity index (χ3v) is 3.09.